The lowest BCUT2D eigenvalue weighted by Crippen LogP contribution is -2.41. The second-order valence-corrected chi connectivity index (χ2v) is 7.81. The van der Waals surface area contributed by atoms with E-state index in [-0.39, 0.29) is 6.09 Å². The second-order valence-electron chi connectivity index (χ2n) is 7.81. The second kappa shape index (κ2) is 6.46. The van der Waals surface area contributed by atoms with Crippen LogP contribution in [0, 0.1) is 6.92 Å². The fraction of sp³-hybridized carbons (Fsp3) is 0.476. The van der Waals surface area contributed by atoms with Crippen LogP contribution in [0.15, 0.2) is 36.4 Å². The van der Waals surface area contributed by atoms with Crippen LogP contribution in [0.3, 0.4) is 0 Å². The van der Waals surface area contributed by atoms with Gasteiger partial charge in [-0.05, 0) is 62.8 Å². The molecule has 0 radical (unpaired) electrons. The largest absolute Gasteiger partial charge is 0.444 e. The number of fused-ring (bicyclic) bond motifs is 1. The van der Waals surface area contributed by atoms with Crippen molar-refractivity contribution in [2.75, 3.05) is 13.1 Å². The number of aryl methyl sites for hydroxylation is 1. The minimum Gasteiger partial charge on any atom is -0.444 e. The molecule has 1 saturated heterocycles. The number of hydrogen-bond acceptors (Lipinski definition) is 2. The third-order valence-corrected chi connectivity index (χ3v) is 4.66. The van der Waals surface area contributed by atoms with E-state index in [0.29, 0.717) is 5.92 Å². The van der Waals surface area contributed by atoms with Crippen molar-refractivity contribution in [2.45, 2.75) is 52.1 Å². The van der Waals surface area contributed by atoms with Crippen molar-refractivity contribution in [3.63, 3.8) is 0 Å². The van der Waals surface area contributed by atoms with Crippen molar-refractivity contribution in [1.29, 1.82) is 0 Å². The molecule has 0 saturated carbocycles. The summed E-state index contributed by atoms with van der Waals surface area (Å²) in [6.07, 6.45) is 1.80. The molecule has 3 nitrogen and oxygen atoms in total. The molecule has 0 aromatic heterocycles. The van der Waals surface area contributed by atoms with Crippen LogP contribution in [0.5, 0.6) is 0 Å². The van der Waals surface area contributed by atoms with Gasteiger partial charge in [-0.15, -0.1) is 0 Å². The van der Waals surface area contributed by atoms with Crippen LogP contribution >= 0.6 is 0 Å². The lowest BCUT2D eigenvalue weighted by atomic mass is 9.86. The summed E-state index contributed by atoms with van der Waals surface area (Å²) in [5.41, 5.74) is 2.28. The third kappa shape index (κ3) is 3.72. The fourth-order valence-corrected chi connectivity index (χ4v) is 3.48. The molecule has 1 amide bonds. The van der Waals surface area contributed by atoms with Crippen LogP contribution in [0.2, 0.25) is 0 Å². The van der Waals surface area contributed by atoms with Crippen LogP contribution in [-0.2, 0) is 4.74 Å². The first kappa shape index (κ1) is 16.8. The van der Waals surface area contributed by atoms with Crippen molar-refractivity contribution in [3.8, 4) is 0 Å². The maximum atomic E-state index is 12.2. The molecule has 1 aliphatic heterocycles. The minimum atomic E-state index is -0.429. The van der Waals surface area contributed by atoms with Crippen molar-refractivity contribution >= 4 is 16.9 Å². The minimum absolute atomic E-state index is 0.186. The molecule has 0 aliphatic carbocycles. The lowest BCUT2D eigenvalue weighted by molar-refractivity contribution is 0.0205. The topological polar surface area (TPSA) is 29.5 Å². The van der Waals surface area contributed by atoms with Gasteiger partial charge in [0.2, 0.25) is 0 Å². The number of ether oxygens (including phenoxy) is 1. The number of carbonyl (C=O) groups is 1. The zero-order chi connectivity index (χ0) is 17.3. The maximum Gasteiger partial charge on any atom is 0.410 e. The Morgan fingerprint density at radius 2 is 1.83 bits per heavy atom. The summed E-state index contributed by atoms with van der Waals surface area (Å²) in [5.74, 6) is 0.509. The Balaban J connectivity index is 1.72. The Morgan fingerprint density at radius 3 is 2.50 bits per heavy atom. The van der Waals surface area contributed by atoms with E-state index in [2.05, 4.69) is 43.3 Å². The van der Waals surface area contributed by atoms with Crippen LogP contribution in [0.4, 0.5) is 4.79 Å². The molecule has 0 spiro atoms. The van der Waals surface area contributed by atoms with Gasteiger partial charge < -0.3 is 9.64 Å². The van der Waals surface area contributed by atoms with Crippen molar-refractivity contribution in [1.82, 2.24) is 4.90 Å². The zero-order valence-corrected chi connectivity index (χ0v) is 15.1. The van der Waals surface area contributed by atoms with E-state index >= 15 is 0 Å². The molecule has 2 aromatic rings. The maximum absolute atomic E-state index is 12.2. The molecule has 3 heteroatoms. The number of amides is 1. The molecular formula is C21H27NO2. The third-order valence-electron chi connectivity index (χ3n) is 4.66. The first-order chi connectivity index (χ1) is 11.3. The monoisotopic (exact) mass is 325 g/mol. The Labute approximate surface area is 144 Å². The molecule has 0 bridgehead atoms. The first-order valence-corrected chi connectivity index (χ1v) is 8.81. The zero-order valence-electron chi connectivity index (χ0n) is 15.1. The van der Waals surface area contributed by atoms with E-state index in [0.717, 1.165) is 25.9 Å². The van der Waals surface area contributed by atoms with Gasteiger partial charge in [-0.3, -0.25) is 0 Å². The number of piperidine rings is 1. The van der Waals surface area contributed by atoms with Crippen LogP contribution in [-0.4, -0.2) is 29.7 Å². The predicted octanol–water partition coefficient (Wildman–Crippen LogP) is 5.26. The highest BCUT2D eigenvalue weighted by Crippen LogP contribution is 2.33. The van der Waals surface area contributed by atoms with Gasteiger partial charge in [0.1, 0.15) is 5.60 Å². The normalized spacial score (nSPS) is 16.4. The van der Waals surface area contributed by atoms with Gasteiger partial charge in [0.25, 0.3) is 0 Å². The number of carbonyl (C=O) groups excluding carboxylic acids is 1. The van der Waals surface area contributed by atoms with Gasteiger partial charge in [-0.1, -0.05) is 42.0 Å². The molecule has 1 heterocycles. The highest BCUT2D eigenvalue weighted by molar-refractivity contribution is 5.86. The number of nitrogens with zero attached hydrogens (tertiary/aromatic N) is 1. The van der Waals surface area contributed by atoms with Crippen molar-refractivity contribution in [2.24, 2.45) is 0 Å². The summed E-state index contributed by atoms with van der Waals surface area (Å²) in [5, 5.41) is 2.65. The molecule has 24 heavy (non-hydrogen) atoms. The number of hydrogen-bond donors (Lipinski definition) is 0. The Morgan fingerprint density at radius 1 is 1.12 bits per heavy atom. The van der Waals surface area contributed by atoms with Gasteiger partial charge in [0.15, 0.2) is 0 Å². The van der Waals surface area contributed by atoms with Crippen LogP contribution in [0.25, 0.3) is 10.8 Å². The first-order valence-electron chi connectivity index (χ1n) is 8.81. The molecule has 0 unspecified atom stereocenters. The van der Waals surface area contributed by atoms with Gasteiger partial charge in [0.05, 0.1) is 0 Å². The summed E-state index contributed by atoms with van der Waals surface area (Å²) in [4.78, 5) is 14.1. The summed E-state index contributed by atoms with van der Waals surface area (Å²) in [7, 11) is 0. The number of rotatable bonds is 1. The van der Waals surface area contributed by atoms with E-state index in [9.17, 15) is 4.79 Å². The average molecular weight is 325 g/mol. The predicted molar refractivity (Wildman–Crippen MR) is 98.5 cm³/mol. The van der Waals surface area contributed by atoms with Gasteiger partial charge in [-0.25, -0.2) is 4.79 Å². The van der Waals surface area contributed by atoms with E-state index in [1.807, 2.05) is 25.7 Å². The SMILES string of the molecule is Cc1ccc2c(C3CCN(C(=O)OC(C)(C)C)CC3)cccc2c1. The summed E-state index contributed by atoms with van der Waals surface area (Å²) in [6.45, 7) is 9.40. The smallest absolute Gasteiger partial charge is 0.410 e. The molecular weight excluding hydrogens is 298 g/mol. The highest BCUT2D eigenvalue weighted by Gasteiger charge is 2.28. The van der Waals surface area contributed by atoms with E-state index < -0.39 is 5.60 Å². The summed E-state index contributed by atoms with van der Waals surface area (Å²) in [6, 6.07) is 13.2. The van der Waals surface area contributed by atoms with E-state index in [1.165, 1.54) is 21.9 Å². The summed E-state index contributed by atoms with van der Waals surface area (Å²) >= 11 is 0. The molecule has 2 aromatic carbocycles. The van der Waals surface area contributed by atoms with Gasteiger partial charge >= 0.3 is 6.09 Å². The van der Waals surface area contributed by atoms with Crippen molar-refractivity contribution < 1.29 is 9.53 Å². The van der Waals surface area contributed by atoms with Gasteiger partial charge in [-0.2, -0.15) is 0 Å². The number of benzene rings is 2. The molecule has 3 rings (SSSR count). The fourth-order valence-electron chi connectivity index (χ4n) is 3.48. The van der Waals surface area contributed by atoms with Crippen molar-refractivity contribution in [3.05, 3.63) is 47.5 Å². The molecule has 0 N–H and O–H groups in total. The van der Waals surface area contributed by atoms with Gasteiger partial charge in [0, 0.05) is 13.1 Å². The Kier molecular flexibility index (Phi) is 4.53. The average Bonchev–Trinajstić information content (AvgIpc) is 2.52. The molecule has 128 valence electrons. The standard InChI is InChI=1S/C21H27NO2/c1-15-8-9-19-17(14-15)6-5-7-18(19)16-10-12-22(13-11-16)20(23)24-21(2,3)4/h5-9,14,16H,10-13H2,1-4H3. The Hall–Kier alpha value is -2.03. The van der Waals surface area contributed by atoms with E-state index in [4.69, 9.17) is 4.74 Å². The summed E-state index contributed by atoms with van der Waals surface area (Å²) < 4.78 is 5.49. The Bertz CT molecular complexity index is 737. The van der Waals surface area contributed by atoms with E-state index in [1.54, 1.807) is 0 Å². The number of likely N-dealkylation sites (tertiary alicyclic amines) is 1. The molecule has 1 fully saturated rings. The lowest BCUT2D eigenvalue weighted by Gasteiger charge is -2.34. The highest BCUT2D eigenvalue weighted by atomic mass is 16.6. The van der Waals surface area contributed by atoms with Crippen LogP contribution in [0.1, 0.15) is 50.7 Å². The van der Waals surface area contributed by atoms with Crippen LogP contribution < -0.4 is 0 Å². The quantitative estimate of drug-likeness (QED) is 0.715. The molecule has 1 aliphatic rings. The molecule has 0 atom stereocenters.